The number of nitrogens with zero attached hydrogens (tertiary/aromatic N) is 3. The lowest BCUT2D eigenvalue weighted by molar-refractivity contribution is -0.404. The van der Waals surface area contributed by atoms with E-state index in [0.29, 0.717) is 25.7 Å². The summed E-state index contributed by atoms with van der Waals surface area (Å²) in [6.45, 7) is -3.41. The predicted molar refractivity (Wildman–Crippen MR) is 168 cm³/mol. The fourth-order valence-corrected chi connectivity index (χ4v) is 7.15. The van der Waals surface area contributed by atoms with Crippen molar-refractivity contribution in [3.8, 4) is 0 Å². The van der Waals surface area contributed by atoms with Gasteiger partial charge in [-0.25, -0.2) is 0 Å². The minimum Gasteiger partial charge on any atom is -0.394 e. The fraction of sp³-hybridized carbons (Fsp3) is 1.00. The number of azide groups is 1. The normalized spacial score (nSPS) is 50.3. The lowest BCUT2D eigenvalue weighted by atomic mass is 9.93. The van der Waals surface area contributed by atoms with Crippen LogP contribution in [0.5, 0.6) is 0 Å². The molecule has 1 saturated carbocycles. The summed E-state index contributed by atoms with van der Waals surface area (Å²) in [4.78, 5) is 2.82. The summed E-state index contributed by atoms with van der Waals surface area (Å²) in [6.07, 6.45) is -34.7. The quantitative estimate of drug-likeness (QED) is 0.0468. The van der Waals surface area contributed by atoms with Gasteiger partial charge in [-0.15, -0.1) is 0 Å². The average molecular weight is 790 g/mol. The summed E-state index contributed by atoms with van der Waals surface area (Å²) < 4.78 is 45.8. The summed E-state index contributed by atoms with van der Waals surface area (Å²) in [5.74, 6) is 0. The number of aliphatic hydroxyl groups is 13. The van der Waals surface area contributed by atoms with Crippen molar-refractivity contribution in [1.82, 2.24) is 0 Å². The maximum Gasteiger partial charge on any atom is 0.187 e. The Morgan fingerprint density at radius 1 is 0.444 bits per heavy atom. The van der Waals surface area contributed by atoms with Crippen molar-refractivity contribution in [1.29, 1.82) is 0 Å². The molecule has 312 valence electrons. The molecule has 5 rings (SSSR count). The van der Waals surface area contributed by atoms with E-state index in [1.807, 2.05) is 0 Å². The Hall–Kier alpha value is -1.53. The predicted octanol–water partition coefficient (Wildman–Crippen LogP) is -7.10. The first-order chi connectivity index (χ1) is 25.8. The van der Waals surface area contributed by atoms with E-state index in [2.05, 4.69) is 10.0 Å². The molecule has 0 unspecified atom stereocenters. The van der Waals surface area contributed by atoms with Crippen LogP contribution in [0.25, 0.3) is 10.4 Å². The number of rotatable bonds is 13. The Balaban J connectivity index is 1.39. The molecule has 0 aromatic rings. The van der Waals surface area contributed by atoms with Crippen LogP contribution in [0, 0.1) is 0 Å². The molecule has 4 saturated heterocycles. The van der Waals surface area contributed by atoms with Gasteiger partial charge in [-0.1, -0.05) is 5.11 Å². The van der Waals surface area contributed by atoms with Crippen molar-refractivity contribution in [3.05, 3.63) is 10.4 Å². The molecule has 54 heavy (non-hydrogen) atoms. The van der Waals surface area contributed by atoms with Crippen LogP contribution < -0.4 is 0 Å². The van der Waals surface area contributed by atoms with E-state index in [9.17, 15) is 66.4 Å². The van der Waals surface area contributed by atoms with Crippen LogP contribution in [-0.4, -0.2) is 228 Å². The van der Waals surface area contributed by atoms with Gasteiger partial charge < -0.3 is 104 Å². The minimum absolute atomic E-state index is 0.246. The molecule has 0 aromatic heterocycles. The first kappa shape index (κ1) is 43.6. The maximum atomic E-state index is 11.4. The van der Waals surface area contributed by atoms with Crippen molar-refractivity contribution in [3.63, 3.8) is 0 Å². The topological polar surface area (TPSA) is 386 Å². The number of hydrogen-bond donors (Lipinski definition) is 13. The van der Waals surface area contributed by atoms with E-state index in [1.165, 1.54) is 0 Å². The highest BCUT2D eigenvalue weighted by Gasteiger charge is 2.56. The van der Waals surface area contributed by atoms with E-state index >= 15 is 0 Å². The lowest BCUT2D eigenvalue weighted by Gasteiger charge is -2.50. The van der Waals surface area contributed by atoms with Crippen LogP contribution in [-0.2, 0) is 37.9 Å². The SMILES string of the molecule is [N-]=[N+]=NC1CCC(O[C@@H]2O[C@H](CO)[C@@H](O)[C@H](O[C@H]3O[C@H](CO)[C@@H](O)[C@H](O)[C@@H]3O[C@H]3O[C@H](CO)[C@@H](O)[C@H](O)[C@@H]3O[C@H]3O[C@H](CO)[C@@H](O)[C@H](O)[C@@H]3O)[C@@H]2O)CC1. The van der Waals surface area contributed by atoms with Crippen molar-refractivity contribution in [2.24, 2.45) is 5.11 Å². The molecule has 13 N–H and O–H groups in total. The van der Waals surface area contributed by atoms with Crippen molar-refractivity contribution in [2.45, 2.75) is 161 Å². The molecule has 0 aromatic carbocycles. The minimum atomic E-state index is -2.03. The summed E-state index contributed by atoms with van der Waals surface area (Å²) in [7, 11) is 0. The van der Waals surface area contributed by atoms with Gasteiger partial charge in [-0.05, 0) is 31.2 Å². The van der Waals surface area contributed by atoms with Gasteiger partial charge in [0.2, 0.25) is 0 Å². The third-order valence-electron chi connectivity index (χ3n) is 10.4. The van der Waals surface area contributed by atoms with E-state index < -0.39 is 155 Å². The highest BCUT2D eigenvalue weighted by Crippen LogP contribution is 2.36. The molecule has 0 amide bonds. The maximum absolute atomic E-state index is 11.4. The van der Waals surface area contributed by atoms with Gasteiger partial charge in [-0.2, -0.15) is 0 Å². The van der Waals surface area contributed by atoms with E-state index in [1.54, 1.807) is 0 Å². The molecule has 0 spiro atoms. The first-order valence-corrected chi connectivity index (χ1v) is 17.6. The summed E-state index contributed by atoms with van der Waals surface area (Å²) in [6, 6.07) is -0.246. The molecule has 0 bridgehead atoms. The zero-order valence-electron chi connectivity index (χ0n) is 28.8. The molecule has 4 aliphatic heterocycles. The number of aliphatic hydroxyl groups excluding tert-OH is 13. The fourth-order valence-electron chi connectivity index (χ4n) is 7.15. The summed E-state index contributed by atoms with van der Waals surface area (Å²) in [5.41, 5.74) is 8.74. The summed E-state index contributed by atoms with van der Waals surface area (Å²) in [5, 5.41) is 140. The second-order valence-corrected chi connectivity index (χ2v) is 13.9. The number of hydrogen-bond acceptors (Lipinski definition) is 22. The van der Waals surface area contributed by atoms with Crippen molar-refractivity contribution >= 4 is 0 Å². The lowest BCUT2D eigenvalue weighted by Crippen LogP contribution is -2.68. The van der Waals surface area contributed by atoms with Gasteiger partial charge in [0.05, 0.1) is 32.5 Å². The van der Waals surface area contributed by atoms with Crippen LogP contribution in [0.1, 0.15) is 25.7 Å². The molecular weight excluding hydrogens is 738 g/mol. The van der Waals surface area contributed by atoms with Crippen LogP contribution in [0.4, 0.5) is 0 Å². The molecule has 5 fully saturated rings. The smallest absolute Gasteiger partial charge is 0.187 e. The standard InChI is InChI=1S/C30H51N3O21/c31-33-32-9-1-3-10(4-2-9)47-28-23(46)24(18(41)14(8-37)49-28)52-29-26(21(44)17(40)12(6-35)50-29)54-30-25(20(43)16(39)13(7-36)51-30)53-27-22(45)19(42)15(38)11(5-34)48-27/h9-30,34-46H,1-8H2/t9?,10?,11-,12-,13-,14-,15-,16-,17-,18-,19+,20+,21+,22+,23+,24+,25+,26+,27-,28-,29-,30-/m1/s1. The zero-order chi connectivity index (χ0) is 39.4. The average Bonchev–Trinajstić information content (AvgIpc) is 3.17. The van der Waals surface area contributed by atoms with E-state index in [4.69, 9.17) is 43.4 Å². The third kappa shape index (κ3) is 9.26. The van der Waals surface area contributed by atoms with Gasteiger partial charge in [0.25, 0.3) is 0 Å². The van der Waals surface area contributed by atoms with Crippen LogP contribution in [0.2, 0.25) is 0 Å². The number of ether oxygens (including phenoxy) is 8. The van der Waals surface area contributed by atoms with E-state index in [-0.39, 0.29) is 6.04 Å². The molecule has 4 heterocycles. The van der Waals surface area contributed by atoms with Gasteiger partial charge >= 0.3 is 0 Å². The highest BCUT2D eigenvalue weighted by molar-refractivity contribution is 4.98. The van der Waals surface area contributed by atoms with Crippen LogP contribution in [0.15, 0.2) is 5.11 Å². The Kier molecular flexibility index (Phi) is 15.6. The second kappa shape index (κ2) is 19.3. The first-order valence-electron chi connectivity index (χ1n) is 17.6. The van der Waals surface area contributed by atoms with Crippen molar-refractivity contribution in [2.75, 3.05) is 26.4 Å². The zero-order valence-corrected chi connectivity index (χ0v) is 28.8. The molecule has 1 aliphatic carbocycles. The molecule has 24 heteroatoms. The molecule has 24 nitrogen and oxygen atoms in total. The Bertz CT molecular complexity index is 1220. The van der Waals surface area contributed by atoms with Gasteiger partial charge in [0.1, 0.15) is 97.7 Å². The molecule has 0 radical (unpaired) electrons. The van der Waals surface area contributed by atoms with Crippen molar-refractivity contribution < 1.29 is 104 Å². The Morgan fingerprint density at radius 2 is 0.833 bits per heavy atom. The molecular formula is C30H51N3O21. The Labute approximate surface area is 307 Å². The molecule has 5 aliphatic rings. The Morgan fingerprint density at radius 3 is 1.30 bits per heavy atom. The van der Waals surface area contributed by atoms with Crippen LogP contribution in [0.3, 0.4) is 0 Å². The van der Waals surface area contributed by atoms with Crippen LogP contribution >= 0.6 is 0 Å². The van der Waals surface area contributed by atoms with E-state index in [0.717, 1.165) is 0 Å². The molecule has 20 atom stereocenters. The third-order valence-corrected chi connectivity index (χ3v) is 10.4. The van der Waals surface area contributed by atoms with Gasteiger partial charge in [0, 0.05) is 11.0 Å². The largest absolute Gasteiger partial charge is 0.394 e. The van der Waals surface area contributed by atoms with Gasteiger partial charge in [0.15, 0.2) is 25.2 Å². The highest BCUT2D eigenvalue weighted by atomic mass is 16.8. The summed E-state index contributed by atoms with van der Waals surface area (Å²) >= 11 is 0. The monoisotopic (exact) mass is 789 g/mol. The second-order valence-electron chi connectivity index (χ2n) is 13.9. The van der Waals surface area contributed by atoms with Gasteiger partial charge in [-0.3, -0.25) is 0 Å².